The zero-order valence-electron chi connectivity index (χ0n) is 13.3. The number of nitrogens with one attached hydrogen (secondary N) is 1. The van der Waals surface area contributed by atoms with Crippen molar-refractivity contribution in [2.24, 2.45) is 0 Å². The van der Waals surface area contributed by atoms with Crippen LogP contribution in [-0.4, -0.2) is 22.6 Å². The molecule has 5 heteroatoms. The van der Waals surface area contributed by atoms with Crippen molar-refractivity contribution in [3.63, 3.8) is 0 Å². The summed E-state index contributed by atoms with van der Waals surface area (Å²) in [6.45, 7) is 2.64. The second-order valence-electron chi connectivity index (χ2n) is 7.06. The van der Waals surface area contributed by atoms with Crippen LogP contribution in [0.25, 0.3) is 0 Å². The molecule has 1 saturated heterocycles. The van der Waals surface area contributed by atoms with Gasteiger partial charge in [-0.15, -0.1) is 0 Å². The molecular formula is C18H21N3O2. The Morgan fingerprint density at radius 1 is 1.17 bits per heavy atom. The molecule has 1 N–H and O–H groups in total. The lowest BCUT2D eigenvalue weighted by Gasteiger charge is -2.39. The van der Waals surface area contributed by atoms with Crippen LogP contribution in [0.1, 0.15) is 56.3 Å². The summed E-state index contributed by atoms with van der Waals surface area (Å²) in [5.41, 5.74) is 0.902. The third-order valence-electron chi connectivity index (χ3n) is 5.48. The van der Waals surface area contributed by atoms with E-state index in [0.717, 1.165) is 25.1 Å². The Morgan fingerprint density at radius 2 is 1.96 bits per heavy atom. The molecule has 23 heavy (non-hydrogen) atoms. The molecule has 2 aliphatic rings. The van der Waals surface area contributed by atoms with Gasteiger partial charge in [-0.05, 0) is 31.7 Å². The number of piperidine rings is 1. The summed E-state index contributed by atoms with van der Waals surface area (Å²) < 4.78 is 5.63. The van der Waals surface area contributed by atoms with Crippen LogP contribution in [0.5, 0.6) is 0 Å². The third-order valence-corrected chi connectivity index (χ3v) is 5.48. The van der Waals surface area contributed by atoms with E-state index in [2.05, 4.69) is 41.7 Å². The van der Waals surface area contributed by atoms with E-state index >= 15 is 0 Å². The Hall–Kier alpha value is -2.17. The summed E-state index contributed by atoms with van der Waals surface area (Å²) in [5.74, 6) is 1.54. The molecule has 5 nitrogen and oxygen atoms in total. The molecule has 2 aromatic rings. The van der Waals surface area contributed by atoms with Gasteiger partial charge in [-0.25, -0.2) is 0 Å². The molecule has 0 radical (unpaired) electrons. The van der Waals surface area contributed by atoms with Gasteiger partial charge in [0.1, 0.15) is 0 Å². The average molecular weight is 311 g/mol. The van der Waals surface area contributed by atoms with E-state index in [-0.39, 0.29) is 16.7 Å². The smallest absolute Gasteiger partial charge is 0.234 e. The second-order valence-corrected chi connectivity index (χ2v) is 7.06. The number of nitrogens with zero attached hydrogens (tertiary/aromatic N) is 2. The summed E-state index contributed by atoms with van der Waals surface area (Å²) in [6, 6.07) is 10.5. The number of hydrogen-bond acceptors (Lipinski definition) is 4. The molecule has 4 rings (SSSR count). The summed E-state index contributed by atoms with van der Waals surface area (Å²) in [4.78, 5) is 16.2. The Kier molecular flexibility index (Phi) is 3.25. The van der Waals surface area contributed by atoms with Gasteiger partial charge in [0.25, 0.3) is 0 Å². The van der Waals surface area contributed by atoms with Gasteiger partial charge in [-0.2, -0.15) is 4.98 Å². The molecule has 1 aromatic carbocycles. The molecule has 1 aliphatic carbocycles. The van der Waals surface area contributed by atoms with Crippen molar-refractivity contribution in [2.45, 2.75) is 49.9 Å². The summed E-state index contributed by atoms with van der Waals surface area (Å²) >= 11 is 0. The fraction of sp³-hybridized carbons (Fsp3) is 0.500. The van der Waals surface area contributed by atoms with Gasteiger partial charge in [0, 0.05) is 13.0 Å². The lowest BCUT2D eigenvalue weighted by Crippen LogP contribution is -2.44. The minimum Gasteiger partial charge on any atom is -0.355 e. The largest absolute Gasteiger partial charge is 0.355 e. The van der Waals surface area contributed by atoms with E-state index < -0.39 is 0 Å². The van der Waals surface area contributed by atoms with Gasteiger partial charge in [0.2, 0.25) is 11.8 Å². The van der Waals surface area contributed by atoms with E-state index in [4.69, 9.17) is 9.51 Å². The molecule has 1 amide bonds. The molecule has 120 valence electrons. The summed E-state index contributed by atoms with van der Waals surface area (Å²) in [6.07, 6.45) is 4.57. The van der Waals surface area contributed by atoms with Crippen LogP contribution < -0.4 is 5.32 Å². The Labute approximate surface area is 135 Å². The molecule has 1 saturated carbocycles. The maximum atomic E-state index is 11.4. The average Bonchev–Trinajstić information content (AvgIpc) is 3.01. The molecule has 0 bridgehead atoms. The molecule has 1 atom stereocenters. The quantitative estimate of drug-likeness (QED) is 0.946. The minimum atomic E-state index is -0.263. The first-order valence-corrected chi connectivity index (χ1v) is 8.29. The third kappa shape index (κ3) is 2.26. The van der Waals surface area contributed by atoms with Crippen LogP contribution in [0.4, 0.5) is 0 Å². The highest BCUT2D eigenvalue weighted by Crippen LogP contribution is 2.48. The fourth-order valence-electron chi connectivity index (χ4n) is 3.63. The molecule has 1 aromatic heterocycles. The van der Waals surface area contributed by atoms with Gasteiger partial charge in [0.15, 0.2) is 5.82 Å². The van der Waals surface area contributed by atoms with Crippen molar-refractivity contribution in [2.75, 3.05) is 6.54 Å². The number of benzene rings is 1. The number of carbonyl (C=O) groups is 1. The van der Waals surface area contributed by atoms with Crippen LogP contribution >= 0.6 is 0 Å². The SMILES string of the molecule is C[C@]1(c2nc(C3(c4ccccc4)CCC3)no2)CCC(=O)NC1. The topological polar surface area (TPSA) is 68.0 Å². The number of rotatable bonds is 3. The maximum absolute atomic E-state index is 11.4. The highest BCUT2D eigenvalue weighted by molar-refractivity contribution is 5.77. The lowest BCUT2D eigenvalue weighted by molar-refractivity contribution is -0.123. The first-order valence-electron chi connectivity index (χ1n) is 8.29. The minimum absolute atomic E-state index is 0.0990. The molecular weight excluding hydrogens is 290 g/mol. The van der Waals surface area contributed by atoms with E-state index in [1.807, 2.05) is 6.07 Å². The van der Waals surface area contributed by atoms with Crippen molar-refractivity contribution >= 4 is 5.91 Å². The first kappa shape index (κ1) is 14.4. The predicted octanol–water partition coefficient (Wildman–Crippen LogP) is 2.71. The van der Waals surface area contributed by atoms with Crippen LogP contribution in [-0.2, 0) is 15.6 Å². The first-order chi connectivity index (χ1) is 11.1. The van der Waals surface area contributed by atoms with Crippen molar-refractivity contribution in [1.82, 2.24) is 15.5 Å². The monoisotopic (exact) mass is 311 g/mol. The number of aromatic nitrogens is 2. The zero-order valence-corrected chi connectivity index (χ0v) is 13.3. The van der Waals surface area contributed by atoms with Crippen molar-refractivity contribution < 1.29 is 9.32 Å². The summed E-state index contributed by atoms with van der Waals surface area (Å²) in [5, 5.41) is 7.24. The van der Waals surface area contributed by atoms with Crippen LogP contribution in [0.15, 0.2) is 34.9 Å². The highest BCUT2D eigenvalue weighted by Gasteiger charge is 2.46. The van der Waals surface area contributed by atoms with Gasteiger partial charge in [0.05, 0.1) is 10.8 Å². The molecule has 1 aliphatic heterocycles. The molecule has 2 fully saturated rings. The number of amides is 1. The molecule has 2 heterocycles. The van der Waals surface area contributed by atoms with E-state index in [9.17, 15) is 4.79 Å². The van der Waals surface area contributed by atoms with Crippen LogP contribution in [0.2, 0.25) is 0 Å². The van der Waals surface area contributed by atoms with E-state index in [1.165, 1.54) is 12.0 Å². The highest BCUT2D eigenvalue weighted by atomic mass is 16.5. The lowest BCUT2D eigenvalue weighted by atomic mass is 9.64. The van der Waals surface area contributed by atoms with Gasteiger partial charge < -0.3 is 9.84 Å². The Balaban J connectivity index is 1.66. The van der Waals surface area contributed by atoms with Crippen molar-refractivity contribution in [3.05, 3.63) is 47.6 Å². The van der Waals surface area contributed by atoms with Crippen LogP contribution in [0, 0.1) is 0 Å². The molecule has 0 spiro atoms. The fourth-order valence-corrected chi connectivity index (χ4v) is 3.63. The Bertz CT molecular complexity index is 709. The molecule has 0 unspecified atom stereocenters. The maximum Gasteiger partial charge on any atom is 0.234 e. The Morgan fingerprint density at radius 3 is 2.57 bits per heavy atom. The standard InChI is InChI=1S/C18H21N3O2/c1-17(11-8-14(22)19-12-17)16-20-15(21-23-16)18(9-5-10-18)13-6-3-2-4-7-13/h2-4,6-7H,5,8-12H2,1H3,(H,19,22)/t17-/m0/s1. The zero-order chi connectivity index (χ0) is 15.9. The van der Waals surface area contributed by atoms with Crippen LogP contribution in [0.3, 0.4) is 0 Å². The van der Waals surface area contributed by atoms with Gasteiger partial charge in [-0.1, -0.05) is 41.9 Å². The number of hydrogen-bond donors (Lipinski definition) is 1. The van der Waals surface area contributed by atoms with Crippen molar-refractivity contribution in [1.29, 1.82) is 0 Å². The van der Waals surface area contributed by atoms with Gasteiger partial charge >= 0.3 is 0 Å². The van der Waals surface area contributed by atoms with E-state index in [1.54, 1.807) is 0 Å². The predicted molar refractivity (Wildman–Crippen MR) is 85.0 cm³/mol. The number of carbonyl (C=O) groups excluding carboxylic acids is 1. The second kappa shape index (κ2) is 5.18. The van der Waals surface area contributed by atoms with Crippen molar-refractivity contribution in [3.8, 4) is 0 Å². The van der Waals surface area contributed by atoms with Gasteiger partial charge in [-0.3, -0.25) is 4.79 Å². The summed E-state index contributed by atoms with van der Waals surface area (Å²) in [7, 11) is 0. The normalized spacial score (nSPS) is 26.4. The van der Waals surface area contributed by atoms with E-state index in [0.29, 0.717) is 18.9 Å².